The van der Waals surface area contributed by atoms with Gasteiger partial charge in [0.25, 0.3) is 0 Å². The smallest absolute Gasteiger partial charge is 0.246 e. The van der Waals surface area contributed by atoms with Crippen molar-refractivity contribution in [1.29, 1.82) is 0 Å². The molecule has 0 spiro atoms. The summed E-state index contributed by atoms with van der Waals surface area (Å²) in [6, 6.07) is 19.5. The van der Waals surface area contributed by atoms with Crippen molar-refractivity contribution in [3.05, 3.63) is 78.1 Å². The molecule has 0 N–H and O–H groups in total. The largest absolute Gasteiger partial charge is 0.459 e. The summed E-state index contributed by atoms with van der Waals surface area (Å²) in [4.78, 5) is 29.2. The average Bonchev–Trinajstić information content (AvgIpc) is 3.26. The number of furan rings is 1. The van der Waals surface area contributed by atoms with Crippen LogP contribution in [-0.4, -0.2) is 41.8 Å². The van der Waals surface area contributed by atoms with Crippen molar-refractivity contribution >= 4 is 28.9 Å². The van der Waals surface area contributed by atoms with Crippen LogP contribution in [0.2, 0.25) is 0 Å². The van der Waals surface area contributed by atoms with E-state index in [0.29, 0.717) is 25.9 Å². The Bertz CT molecular complexity index is 1050. The van der Waals surface area contributed by atoms with Gasteiger partial charge in [-0.1, -0.05) is 48.5 Å². The number of nitrogens with zero attached hydrogens (tertiary/aromatic N) is 2. The summed E-state index contributed by atoms with van der Waals surface area (Å²) in [6.07, 6.45) is 4.82. The summed E-state index contributed by atoms with van der Waals surface area (Å²) in [5, 5.41) is 1.04. The molecule has 1 aliphatic rings. The van der Waals surface area contributed by atoms with Gasteiger partial charge >= 0.3 is 0 Å². The predicted octanol–water partition coefficient (Wildman–Crippen LogP) is 4.90. The maximum absolute atomic E-state index is 13.1. The van der Waals surface area contributed by atoms with E-state index >= 15 is 0 Å². The zero-order chi connectivity index (χ0) is 21.8. The first-order chi connectivity index (χ1) is 15.0. The van der Waals surface area contributed by atoms with Gasteiger partial charge in [-0.3, -0.25) is 9.59 Å². The van der Waals surface area contributed by atoms with Gasteiger partial charge < -0.3 is 14.2 Å². The average molecular weight is 417 g/mol. The number of amides is 2. The first-order valence-electron chi connectivity index (χ1n) is 10.8. The number of para-hydroxylation sites is 1. The standard InChI is InChI=1S/C26H28N2O3/c1-19(24-18-22-10-6-7-11-23(22)31-24)27(2)26(30)21-14-16-28(17-15-21)25(29)13-12-20-8-4-3-5-9-20/h3-13,18-19,21H,14-17H2,1-2H3. The topological polar surface area (TPSA) is 53.8 Å². The number of carbonyl (C=O) groups excluding carboxylic acids is 2. The number of carbonyl (C=O) groups is 2. The lowest BCUT2D eigenvalue weighted by atomic mass is 9.94. The van der Waals surface area contributed by atoms with E-state index in [1.807, 2.05) is 85.6 Å². The fourth-order valence-corrected chi connectivity index (χ4v) is 4.06. The van der Waals surface area contributed by atoms with E-state index in [1.54, 1.807) is 11.0 Å². The molecule has 1 atom stereocenters. The number of likely N-dealkylation sites (tertiary alicyclic amines) is 1. The molecule has 1 saturated heterocycles. The van der Waals surface area contributed by atoms with Gasteiger partial charge in [-0.15, -0.1) is 0 Å². The van der Waals surface area contributed by atoms with Gasteiger partial charge in [-0.05, 0) is 43.5 Å². The highest BCUT2D eigenvalue weighted by molar-refractivity contribution is 5.92. The van der Waals surface area contributed by atoms with Gasteiger partial charge in [0.1, 0.15) is 11.3 Å². The van der Waals surface area contributed by atoms with Crippen molar-refractivity contribution in [2.75, 3.05) is 20.1 Å². The lowest BCUT2D eigenvalue weighted by Crippen LogP contribution is -2.43. The number of hydrogen-bond acceptors (Lipinski definition) is 3. The summed E-state index contributed by atoms with van der Waals surface area (Å²) in [5.41, 5.74) is 1.84. The molecule has 1 fully saturated rings. The maximum atomic E-state index is 13.1. The molecule has 0 bridgehead atoms. The minimum Gasteiger partial charge on any atom is -0.459 e. The Kier molecular flexibility index (Phi) is 6.21. The van der Waals surface area contributed by atoms with E-state index in [0.717, 1.165) is 22.3 Å². The summed E-state index contributed by atoms with van der Waals surface area (Å²) >= 11 is 0. The molecule has 5 nitrogen and oxygen atoms in total. The molecular weight excluding hydrogens is 388 g/mol. The molecule has 1 aliphatic heterocycles. The molecule has 2 aromatic carbocycles. The summed E-state index contributed by atoms with van der Waals surface area (Å²) in [6.45, 7) is 3.19. The van der Waals surface area contributed by atoms with Crippen molar-refractivity contribution in [2.45, 2.75) is 25.8 Å². The molecule has 1 aromatic heterocycles. The first kappa shape index (κ1) is 20.9. The zero-order valence-corrected chi connectivity index (χ0v) is 18.0. The maximum Gasteiger partial charge on any atom is 0.246 e. The Morgan fingerprint density at radius 1 is 1.06 bits per heavy atom. The third-order valence-corrected chi connectivity index (χ3v) is 6.16. The second kappa shape index (κ2) is 9.21. The molecule has 0 aliphatic carbocycles. The molecule has 0 radical (unpaired) electrons. The molecule has 160 valence electrons. The second-order valence-corrected chi connectivity index (χ2v) is 8.16. The van der Waals surface area contributed by atoms with Crippen LogP contribution in [0.1, 0.15) is 37.1 Å². The van der Waals surface area contributed by atoms with E-state index in [9.17, 15) is 9.59 Å². The van der Waals surface area contributed by atoms with E-state index < -0.39 is 0 Å². The van der Waals surface area contributed by atoms with E-state index in [2.05, 4.69) is 0 Å². The van der Waals surface area contributed by atoms with Crippen LogP contribution in [0.25, 0.3) is 17.0 Å². The van der Waals surface area contributed by atoms with Gasteiger partial charge in [0.15, 0.2) is 0 Å². The number of benzene rings is 2. The summed E-state index contributed by atoms with van der Waals surface area (Å²) < 4.78 is 5.95. The Morgan fingerprint density at radius 3 is 2.45 bits per heavy atom. The number of fused-ring (bicyclic) bond motifs is 1. The lowest BCUT2D eigenvalue weighted by molar-refractivity contribution is -0.140. The number of hydrogen-bond donors (Lipinski definition) is 0. The van der Waals surface area contributed by atoms with Crippen LogP contribution in [0, 0.1) is 5.92 Å². The van der Waals surface area contributed by atoms with E-state index in [1.165, 1.54) is 0 Å². The third-order valence-electron chi connectivity index (χ3n) is 6.16. The van der Waals surface area contributed by atoms with Crippen molar-refractivity contribution in [1.82, 2.24) is 9.80 Å². The molecule has 5 heteroatoms. The van der Waals surface area contributed by atoms with Crippen LogP contribution in [0.4, 0.5) is 0 Å². The van der Waals surface area contributed by atoms with Crippen LogP contribution >= 0.6 is 0 Å². The van der Waals surface area contributed by atoms with Crippen LogP contribution in [0.5, 0.6) is 0 Å². The minimum atomic E-state index is -0.145. The van der Waals surface area contributed by atoms with Gasteiger partial charge in [-0.25, -0.2) is 0 Å². The molecular formula is C26H28N2O3. The first-order valence-corrected chi connectivity index (χ1v) is 10.8. The fraction of sp³-hybridized carbons (Fsp3) is 0.308. The second-order valence-electron chi connectivity index (χ2n) is 8.16. The molecule has 2 heterocycles. The van der Waals surface area contributed by atoms with Gasteiger partial charge in [0, 0.05) is 37.5 Å². The van der Waals surface area contributed by atoms with Crippen molar-refractivity contribution in [3.63, 3.8) is 0 Å². The Morgan fingerprint density at radius 2 is 1.74 bits per heavy atom. The lowest BCUT2D eigenvalue weighted by Gasteiger charge is -2.34. The summed E-state index contributed by atoms with van der Waals surface area (Å²) in [7, 11) is 1.83. The van der Waals surface area contributed by atoms with E-state index in [-0.39, 0.29) is 23.8 Å². The van der Waals surface area contributed by atoms with Crippen molar-refractivity contribution in [2.24, 2.45) is 5.92 Å². The molecule has 0 saturated carbocycles. The Hall–Kier alpha value is -3.34. The molecule has 1 unspecified atom stereocenters. The monoisotopic (exact) mass is 416 g/mol. The zero-order valence-electron chi connectivity index (χ0n) is 18.0. The molecule has 2 amide bonds. The summed E-state index contributed by atoms with van der Waals surface area (Å²) in [5.74, 6) is 0.827. The Balaban J connectivity index is 1.33. The fourth-order valence-electron chi connectivity index (χ4n) is 4.06. The van der Waals surface area contributed by atoms with Gasteiger partial charge in [0.2, 0.25) is 11.8 Å². The Labute approximate surface area is 182 Å². The SMILES string of the molecule is CC(c1cc2ccccc2o1)N(C)C(=O)C1CCN(C(=O)C=Cc2ccccc2)CC1. The molecule has 4 rings (SSSR count). The van der Waals surface area contributed by atoms with Crippen molar-refractivity contribution in [3.8, 4) is 0 Å². The van der Waals surface area contributed by atoms with Crippen LogP contribution in [0.15, 0.2) is 71.2 Å². The van der Waals surface area contributed by atoms with Gasteiger partial charge in [-0.2, -0.15) is 0 Å². The molecule has 31 heavy (non-hydrogen) atoms. The normalized spacial score (nSPS) is 16.0. The van der Waals surface area contributed by atoms with Crippen LogP contribution in [0.3, 0.4) is 0 Å². The highest BCUT2D eigenvalue weighted by Gasteiger charge is 2.31. The number of rotatable bonds is 5. The van der Waals surface area contributed by atoms with Gasteiger partial charge in [0.05, 0.1) is 6.04 Å². The third kappa shape index (κ3) is 4.71. The van der Waals surface area contributed by atoms with Crippen LogP contribution in [-0.2, 0) is 9.59 Å². The predicted molar refractivity (Wildman–Crippen MR) is 122 cm³/mol. The minimum absolute atomic E-state index is 0.00116. The highest BCUT2D eigenvalue weighted by atomic mass is 16.3. The van der Waals surface area contributed by atoms with Crippen LogP contribution < -0.4 is 0 Å². The highest BCUT2D eigenvalue weighted by Crippen LogP contribution is 2.29. The quantitative estimate of drug-likeness (QED) is 0.556. The van der Waals surface area contributed by atoms with Crippen molar-refractivity contribution < 1.29 is 14.0 Å². The molecule has 3 aromatic rings. The van der Waals surface area contributed by atoms with E-state index in [4.69, 9.17) is 4.42 Å². The number of piperidine rings is 1.